The quantitative estimate of drug-likeness (QED) is 0.208. The Morgan fingerprint density at radius 2 is 0.675 bits per heavy atom. The number of ether oxygens (including phenoxy) is 2. The number of para-hydroxylation sites is 2. The minimum atomic E-state index is 0.0302. The third-order valence-electron chi connectivity index (χ3n) is 4.24. The van der Waals surface area contributed by atoms with E-state index < -0.39 is 0 Å². The van der Waals surface area contributed by atoms with Crippen molar-refractivity contribution in [1.29, 1.82) is 0 Å². The summed E-state index contributed by atoms with van der Waals surface area (Å²) in [6, 6.07) is 17.4. The lowest BCUT2D eigenvalue weighted by Crippen LogP contribution is -2.31. The van der Waals surface area contributed by atoms with Crippen LogP contribution in [0.3, 0.4) is 0 Å². The average molecular weight is 1080 g/mol. The molecule has 0 aliphatic rings. The van der Waals surface area contributed by atoms with Crippen LogP contribution in [0.1, 0.15) is 27.7 Å². The highest BCUT2D eigenvalue weighted by atomic mass is 79.9. The van der Waals surface area contributed by atoms with Crippen molar-refractivity contribution in [1.82, 2.24) is 0 Å². The largest absolute Gasteiger partial charge is 0.508 e. The van der Waals surface area contributed by atoms with E-state index in [9.17, 15) is 0 Å². The standard InChI is InChI=1S/2C8H14Br4O.2C6H6O/c2*1-7(11,3-9)5-13-6-8(2,12)4-10;2*7-6-4-2-1-3-5-6/h2*3-6H2,1-2H3;2*1-5,7H/t2*7-,8?;;/m11../s1. The Morgan fingerprint density at radius 1 is 0.475 bits per heavy atom. The lowest BCUT2D eigenvalue weighted by atomic mass is 10.2. The van der Waals surface area contributed by atoms with Crippen LogP contribution in [0.25, 0.3) is 0 Å². The molecule has 4 nitrogen and oxygen atoms in total. The minimum Gasteiger partial charge on any atom is -0.508 e. The lowest BCUT2D eigenvalue weighted by molar-refractivity contribution is 0.111. The molecule has 0 spiro atoms. The third kappa shape index (κ3) is 28.6. The lowest BCUT2D eigenvalue weighted by Gasteiger charge is -2.24. The van der Waals surface area contributed by atoms with Crippen molar-refractivity contribution in [3.05, 3.63) is 60.7 Å². The molecule has 0 radical (unpaired) electrons. The van der Waals surface area contributed by atoms with E-state index in [4.69, 9.17) is 19.7 Å². The number of phenols is 2. The van der Waals surface area contributed by atoms with E-state index in [0.29, 0.717) is 37.9 Å². The second-order valence-electron chi connectivity index (χ2n) is 9.84. The number of halogens is 8. The summed E-state index contributed by atoms with van der Waals surface area (Å²) in [5, 5.41) is 20.8. The molecule has 4 atom stereocenters. The predicted molar refractivity (Wildman–Crippen MR) is 202 cm³/mol. The summed E-state index contributed by atoms with van der Waals surface area (Å²) in [6.07, 6.45) is 0. The zero-order valence-corrected chi connectivity index (χ0v) is 35.9. The first-order valence-corrected chi connectivity index (χ1v) is 19.7. The molecule has 2 aromatic carbocycles. The molecule has 0 amide bonds. The molecule has 0 saturated carbocycles. The maximum absolute atomic E-state index is 8.63. The molecule has 0 aromatic heterocycles. The van der Waals surface area contributed by atoms with Gasteiger partial charge in [-0.15, -0.1) is 0 Å². The maximum Gasteiger partial charge on any atom is 0.115 e. The number of benzene rings is 2. The summed E-state index contributed by atoms with van der Waals surface area (Å²) in [6.45, 7) is 11.2. The molecule has 2 rings (SSSR count). The van der Waals surface area contributed by atoms with Gasteiger partial charge in [0.05, 0.1) is 43.7 Å². The molecule has 0 bridgehead atoms. The van der Waals surface area contributed by atoms with Gasteiger partial charge in [0, 0.05) is 21.3 Å². The van der Waals surface area contributed by atoms with Gasteiger partial charge in [0.2, 0.25) is 0 Å². The molecule has 232 valence electrons. The fourth-order valence-electron chi connectivity index (χ4n) is 1.96. The summed E-state index contributed by atoms with van der Waals surface area (Å²) in [4.78, 5) is 0. The molecule has 0 fully saturated rings. The van der Waals surface area contributed by atoms with Gasteiger partial charge in [0.25, 0.3) is 0 Å². The Morgan fingerprint density at radius 3 is 0.800 bits per heavy atom. The van der Waals surface area contributed by atoms with Gasteiger partial charge in [-0.3, -0.25) is 0 Å². The molecule has 0 saturated heterocycles. The number of phenolic OH excluding ortho intramolecular Hbond substituents is 2. The van der Waals surface area contributed by atoms with Crippen molar-refractivity contribution in [3.63, 3.8) is 0 Å². The number of rotatable bonds is 12. The predicted octanol–water partition coefficient (Wildman–Crippen LogP) is 11.0. The smallest absolute Gasteiger partial charge is 0.115 e. The van der Waals surface area contributed by atoms with E-state index in [2.05, 4.69) is 155 Å². The van der Waals surface area contributed by atoms with Gasteiger partial charge >= 0.3 is 0 Å². The van der Waals surface area contributed by atoms with Crippen LogP contribution in [-0.4, -0.2) is 75.3 Å². The highest BCUT2D eigenvalue weighted by Crippen LogP contribution is 2.25. The number of aromatic hydroxyl groups is 2. The minimum absolute atomic E-state index is 0.0302. The van der Waals surface area contributed by atoms with E-state index in [-0.39, 0.29) is 17.3 Å². The molecule has 0 aliphatic carbocycles. The Kier molecular flexibility index (Phi) is 26.5. The van der Waals surface area contributed by atoms with Crippen molar-refractivity contribution in [2.75, 3.05) is 47.7 Å². The monoisotopic (exact) mass is 1070 g/mol. The van der Waals surface area contributed by atoms with Crippen molar-refractivity contribution < 1.29 is 19.7 Å². The van der Waals surface area contributed by atoms with Crippen LogP contribution in [0.2, 0.25) is 0 Å². The molecule has 2 unspecified atom stereocenters. The van der Waals surface area contributed by atoms with Gasteiger partial charge in [-0.2, -0.15) is 0 Å². The molecule has 0 aliphatic heterocycles. The SMILES string of the molecule is CC(Br)(CBr)COC[C@](C)(Br)CBr.CC(Br)(CBr)COC[C@](C)(Br)CBr.Oc1ccccc1.Oc1ccccc1. The molecule has 0 heterocycles. The second-order valence-corrected chi connectivity index (χ2v) is 19.7. The van der Waals surface area contributed by atoms with Gasteiger partial charge in [-0.05, 0) is 52.0 Å². The Balaban J connectivity index is 0. The maximum atomic E-state index is 8.63. The molecule has 2 aromatic rings. The van der Waals surface area contributed by atoms with Gasteiger partial charge < -0.3 is 19.7 Å². The fraction of sp³-hybridized carbons (Fsp3) is 0.571. The number of hydrogen-bond donors (Lipinski definition) is 2. The number of hydrogen-bond acceptors (Lipinski definition) is 4. The van der Waals surface area contributed by atoms with E-state index in [0.717, 1.165) is 21.3 Å². The van der Waals surface area contributed by atoms with Crippen LogP contribution >= 0.6 is 127 Å². The zero-order valence-electron chi connectivity index (χ0n) is 23.2. The van der Waals surface area contributed by atoms with Crippen LogP contribution < -0.4 is 0 Å². The van der Waals surface area contributed by atoms with E-state index in [1.165, 1.54) is 0 Å². The van der Waals surface area contributed by atoms with Crippen LogP contribution in [0.15, 0.2) is 60.7 Å². The third-order valence-corrected chi connectivity index (χ3v) is 14.2. The van der Waals surface area contributed by atoms with E-state index >= 15 is 0 Å². The van der Waals surface area contributed by atoms with Crippen LogP contribution in [0.5, 0.6) is 11.5 Å². The first-order valence-electron chi connectivity index (χ1n) is 12.1. The topological polar surface area (TPSA) is 58.9 Å². The van der Waals surface area contributed by atoms with Crippen molar-refractivity contribution in [2.24, 2.45) is 0 Å². The summed E-state index contributed by atoms with van der Waals surface area (Å²) < 4.78 is 11.3. The molecular weight excluding hydrogens is 1040 g/mol. The van der Waals surface area contributed by atoms with Gasteiger partial charge in [-0.25, -0.2) is 0 Å². The van der Waals surface area contributed by atoms with Gasteiger partial charge in [0.15, 0.2) is 0 Å². The molecule has 2 N–H and O–H groups in total. The normalized spacial score (nSPS) is 16.5. The first kappa shape index (κ1) is 43.9. The molecular formula is C28H40Br8O4. The Labute approximate surface area is 308 Å². The Hall–Kier alpha value is 1.80. The fourth-order valence-corrected chi connectivity index (χ4v) is 3.26. The van der Waals surface area contributed by atoms with E-state index in [1.54, 1.807) is 48.5 Å². The van der Waals surface area contributed by atoms with Crippen molar-refractivity contribution >= 4 is 127 Å². The summed E-state index contributed by atoms with van der Waals surface area (Å²) in [7, 11) is 0. The summed E-state index contributed by atoms with van der Waals surface area (Å²) in [5.74, 6) is 0.644. The average Bonchev–Trinajstić information content (AvgIpc) is 2.90. The highest BCUT2D eigenvalue weighted by molar-refractivity contribution is 9.13. The highest BCUT2D eigenvalue weighted by Gasteiger charge is 2.24. The first-order chi connectivity index (χ1) is 18.4. The van der Waals surface area contributed by atoms with Crippen LogP contribution in [-0.2, 0) is 9.47 Å². The van der Waals surface area contributed by atoms with E-state index in [1.807, 2.05) is 12.1 Å². The van der Waals surface area contributed by atoms with Crippen molar-refractivity contribution in [3.8, 4) is 11.5 Å². The van der Waals surface area contributed by atoms with Gasteiger partial charge in [-0.1, -0.05) is 164 Å². The zero-order chi connectivity index (χ0) is 31.3. The molecule has 12 heteroatoms. The number of alkyl halides is 8. The summed E-state index contributed by atoms with van der Waals surface area (Å²) >= 11 is 28.0. The van der Waals surface area contributed by atoms with Gasteiger partial charge in [0.1, 0.15) is 11.5 Å². The van der Waals surface area contributed by atoms with Crippen LogP contribution in [0, 0.1) is 0 Å². The molecule has 40 heavy (non-hydrogen) atoms. The van der Waals surface area contributed by atoms with Crippen LogP contribution in [0.4, 0.5) is 0 Å². The van der Waals surface area contributed by atoms with Crippen molar-refractivity contribution in [2.45, 2.75) is 45.0 Å². The second kappa shape index (κ2) is 24.1. The Bertz CT molecular complexity index is 750. The summed E-state index contributed by atoms with van der Waals surface area (Å²) in [5.41, 5.74) is 0.